The van der Waals surface area contributed by atoms with Crippen molar-refractivity contribution in [2.45, 2.75) is 115 Å². The van der Waals surface area contributed by atoms with Gasteiger partial charge in [0.25, 0.3) is 0 Å². The topological polar surface area (TPSA) is 254 Å². The van der Waals surface area contributed by atoms with Crippen LogP contribution in [0.4, 0.5) is 19.2 Å². The first-order valence-electron chi connectivity index (χ1n) is 17.3. The molecule has 23 heteroatoms. The zero-order valence-electron chi connectivity index (χ0n) is 30.3. The number of hydrogen-bond acceptors (Lipinski definition) is 16. The SMILES string of the molecule is CC(C)(C)OC(=O)NCCc1nnc([C@@H]2CC[C@@H]3CN2C(=O)N3OS(=O)(=O)ON2C(=O)N3C[C@H]2CC[C@H]3c2nnc(CCNC(=O)OC(C)(C)C)o2)o1. The van der Waals surface area contributed by atoms with Crippen LogP contribution in [0, 0.1) is 0 Å². The molecule has 6 heterocycles. The molecule has 4 aliphatic heterocycles. The second-order valence-electron chi connectivity index (χ2n) is 15.0. The zero-order valence-corrected chi connectivity index (χ0v) is 31.1. The minimum absolute atomic E-state index is 0.126. The van der Waals surface area contributed by atoms with Crippen LogP contribution in [0.2, 0.25) is 0 Å². The van der Waals surface area contributed by atoms with Gasteiger partial charge in [0.15, 0.2) is 0 Å². The van der Waals surface area contributed by atoms with Gasteiger partial charge in [0, 0.05) is 39.0 Å². The normalized spacial score (nSPS) is 23.1. The summed E-state index contributed by atoms with van der Waals surface area (Å²) in [5, 5.41) is 22.8. The van der Waals surface area contributed by atoms with Crippen LogP contribution in [-0.4, -0.2) is 122 Å². The van der Waals surface area contributed by atoms with Gasteiger partial charge in [0.2, 0.25) is 23.6 Å². The number of nitrogens with zero attached hydrogens (tertiary/aromatic N) is 8. The van der Waals surface area contributed by atoms with Crippen molar-refractivity contribution in [1.29, 1.82) is 0 Å². The van der Waals surface area contributed by atoms with E-state index in [0.717, 1.165) is 10.1 Å². The number of nitrogens with one attached hydrogen (secondary N) is 2. The quantitative estimate of drug-likeness (QED) is 0.314. The Morgan fingerprint density at radius 1 is 0.698 bits per heavy atom. The van der Waals surface area contributed by atoms with Gasteiger partial charge in [-0.1, -0.05) is 0 Å². The number of urea groups is 2. The highest BCUT2D eigenvalue weighted by Gasteiger charge is 2.52. The molecule has 4 bridgehead atoms. The zero-order chi connectivity index (χ0) is 38.3. The number of ether oxygens (including phenoxy) is 2. The molecule has 4 fully saturated rings. The number of alkyl carbamates (subject to hydrolysis) is 2. The molecule has 0 spiro atoms. The van der Waals surface area contributed by atoms with E-state index >= 15 is 0 Å². The maximum atomic E-state index is 13.4. The van der Waals surface area contributed by atoms with Crippen molar-refractivity contribution in [2.24, 2.45) is 0 Å². The number of hydroxylamine groups is 4. The van der Waals surface area contributed by atoms with Crippen molar-refractivity contribution in [3.8, 4) is 0 Å². The molecule has 2 N–H and O–H groups in total. The second kappa shape index (κ2) is 14.6. The van der Waals surface area contributed by atoms with Gasteiger partial charge in [-0.2, -0.15) is 18.5 Å². The van der Waals surface area contributed by atoms with Gasteiger partial charge in [0.1, 0.15) is 23.3 Å². The third-order valence-corrected chi connectivity index (χ3v) is 9.22. The number of aromatic nitrogens is 4. The highest BCUT2D eigenvalue weighted by Crippen LogP contribution is 2.40. The Morgan fingerprint density at radius 3 is 1.47 bits per heavy atom. The van der Waals surface area contributed by atoms with Gasteiger partial charge in [-0.15, -0.1) is 29.0 Å². The summed E-state index contributed by atoms with van der Waals surface area (Å²) in [6.45, 7) is 11.1. The summed E-state index contributed by atoms with van der Waals surface area (Å²) in [4.78, 5) is 53.3. The van der Waals surface area contributed by atoms with E-state index in [4.69, 9.17) is 26.9 Å². The Balaban J connectivity index is 1.000. The number of piperidine rings is 2. The summed E-state index contributed by atoms with van der Waals surface area (Å²) in [7, 11) is -4.94. The highest BCUT2D eigenvalue weighted by atomic mass is 32.3. The number of carbonyl (C=O) groups is 4. The molecule has 0 aliphatic carbocycles. The molecule has 4 atom stereocenters. The largest absolute Gasteiger partial charge is 0.444 e. The molecule has 2 aromatic heterocycles. The summed E-state index contributed by atoms with van der Waals surface area (Å²) in [6, 6.07) is -4.01. The van der Waals surface area contributed by atoms with Gasteiger partial charge in [-0.25, -0.2) is 19.2 Å². The first kappa shape index (κ1) is 38.0. The van der Waals surface area contributed by atoms with Crippen LogP contribution in [0.15, 0.2) is 8.83 Å². The molecule has 4 aliphatic rings. The standard InChI is InChI=1S/C30H44N10O12S/c1-29(2,3)49-25(41)31-13-11-21-33-35-23(47-21)19-9-7-17-15-37(19)27(43)39(17)51-53(45,46)52-40-18-8-10-20(38(16-18)28(40)44)24-36-34-22(48-24)12-14-32-26(42)50-30(4,5)6/h17-20H,7-16H2,1-6H3,(H,31,41)(H,32,42)/t17-,18-,19+,20+/m1/s1. The minimum Gasteiger partial charge on any atom is -0.444 e. The van der Waals surface area contributed by atoms with Crippen LogP contribution >= 0.6 is 0 Å². The maximum absolute atomic E-state index is 13.4. The lowest BCUT2D eigenvalue weighted by atomic mass is 10.0. The van der Waals surface area contributed by atoms with Gasteiger partial charge in [-0.05, 0) is 67.2 Å². The predicted octanol–water partition coefficient (Wildman–Crippen LogP) is 2.28. The third kappa shape index (κ3) is 9.07. The van der Waals surface area contributed by atoms with Crippen LogP contribution < -0.4 is 10.6 Å². The lowest BCUT2D eigenvalue weighted by Gasteiger charge is -2.27. The molecule has 0 aromatic carbocycles. The van der Waals surface area contributed by atoms with Crippen LogP contribution in [0.5, 0.6) is 0 Å². The summed E-state index contributed by atoms with van der Waals surface area (Å²) >= 11 is 0. The van der Waals surface area contributed by atoms with Gasteiger partial charge in [-0.3, -0.25) is 0 Å². The first-order valence-corrected chi connectivity index (χ1v) is 18.6. The predicted molar refractivity (Wildman–Crippen MR) is 175 cm³/mol. The molecule has 53 heavy (non-hydrogen) atoms. The van der Waals surface area contributed by atoms with Crippen molar-refractivity contribution in [3.63, 3.8) is 0 Å². The Morgan fingerprint density at radius 2 is 1.09 bits per heavy atom. The number of amides is 6. The lowest BCUT2D eigenvalue weighted by Crippen LogP contribution is -2.41. The fraction of sp³-hybridized carbons (Fsp3) is 0.733. The van der Waals surface area contributed by atoms with Crippen molar-refractivity contribution >= 4 is 34.6 Å². The van der Waals surface area contributed by atoms with Crippen molar-refractivity contribution in [3.05, 3.63) is 23.6 Å². The molecule has 0 unspecified atom stereocenters. The van der Waals surface area contributed by atoms with Gasteiger partial charge >= 0.3 is 34.6 Å². The van der Waals surface area contributed by atoms with Crippen LogP contribution in [-0.2, 0) is 41.3 Å². The summed E-state index contributed by atoms with van der Waals surface area (Å²) in [5.74, 6) is 0.794. The molecule has 22 nitrogen and oxygen atoms in total. The van der Waals surface area contributed by atoms with E-state index in [1.165, 1.54) is 9.80 Å². The van der Waals surface area contributed by atoms with E-state index in [2.05, 4.69) is 31.0 Å². The van der Waals surface area contributed by atoms with Crippen molar-refractivity contribution in [2.75, 3.05) is 26.2 Å². The maximum Gasteiger partial charge on any atom is 0.442 e. The minimum atomic E-state index is -4.94. The Bertz CT molecular complexity index is 1680. The van der Waals surface area contributed by atoms with Crippen LogP contribution in [0.25, 0.3) is 0 Å². The fourth-order valence-electron chi connectivity index (χ4n) is 6.36. The van der Waals surface area contributed by atoms with E-state index in [1.54, 1.807) is 41.5 Å². The van der Waals surface area contributed by atoms with E-state index in [0.29, 0.717) is 25.7 Å². The van der Waals surface area contributed by atoms with E-state index < -0.39 is 70.0 Å². The van der Waals surface area contributed by atoms with Crippen molar-refractivity contribution < 1.29 is 54.5 Å². The molecule has 2 aromatic rings. The number of carbonyl (C=O) groups excluding carboxylic acids is 4. The summed E-state index contributed by atoms with van der Waals surface area (Å²) in [5.41, 5.74) is -1.29. The number of hydrogen-bond donors (Lipinski definition) is 2. The van der Waals surface area contributed by atoms with Crippen LogP contribution in [0.3, 0.4) is 0 Å². The Hall–Kier alpha value is -4.77. The van der Waals surface area contributed by atoms with Gasteiger partial charge in [0.05, 0.1) is 12.1 Å². The van der Waals surface area contributed by atoms with Gasteiger partial charge < -0.3 is 38.7 Å². The van der Waals surface area contributed by atoms with Crippen LogP contribution in [0.1, 0.15) is 103 Å². The van der Waals surface area contributed by atoms with E-state index in [1.807, 2.05) is 0 Å². The second-order valence-corrected chi connectivity index (χ2v) is 16.1. The monoisotopic (exact) mass is 768 g/mol. The first-order chi connectivity index (χ1) is 24.9. The molecule has 0 radical (unpaired) electrons. The fourth-order valence-corrected chi connectivity index (χ4v) is 7.15. The molecule has 292 valence electrons. The molecule has 4 saturated heterocycles. The molecular weight excluding hydrogens is 724 g/mol. The Kier molecular flexibility index (Phi) is 10.4. The molecule has 6 rings (SSSR count). The summed E-state index contributed by atoms with van der Waals surface area (Å²) in [6.07, 6.45) is 0.745. The summed E-state index contributed by atoms with van der Waals surface area (Å²) < 4.78 is 58.5. The molecule has 0 saturated carbocycles. The van der Waals surface area contributed by atoms with E-state index in [9.17, 15) is 27.6 Å². The highest BCUT2D eigenvalue weighted by molar-refractivity contribution is 7.81. The molecular formula is C30H44N10O12S. The number of rotatable bonds is 12. The number of fused-ring (bicyclic) bond motifs is 4. The smallest absolute Gasteiger partial charge is 0.442 e. The molecule has 6 amide bonds. The average Bonchev–Trinajstić information content (AvgIpc) is 3.82. The van der Waals surface area contributed by atoms with E-state index in [-0.39, 0.29) is 62.6 Å². The van der Waals surface area contributed by atoms with Crippen molar-refractivity contribution in [1.82, 2.24) is 51.0 Å². The third-order valence-electron chi connectivity index (χ3n) is 8.54. The average molecular weight is 769 g/mol. The lowest BCUT2D eigenvalue weighted by molar-refractivity contribution is -0.0841. The Labute approximate surface area is 305 Å².